The molecule has 2 aromatic carbocycles. The minimum atomic E-state index is -0.740. The molecule has 2 saturated heterocycles. The summed E-state index contributed by atoms with van der Waals surface area (Å²) in [7, 11) is 0. The molecular weight excluding hydrogens is 382 g/mol. The number of nitrogens with zero attached hydrogens (tertiary/aromatic N) is 3. The van der Waals surface area contributed by atoms with Crippen LogP contribution in [0.15, 0.2) is 60.7 Å². The maximum atomic E-state index is 13.3. The molecule has 2 aromatic rings. The van der Waals surface area contributed by atoms with E-state index < -0.39 is 12.1 Å². The molecule has 4 rings (SSSR count). The number of ether oxygens (including phenoxy) is 1. The Bertz CT molecular complexity index is 919. The van der Waals surface area contributed by atoms with Crippen molar-refractivity contribution in [1.82, 2.24) is 14.7 Å². The predicted octanol–water partition coefficient (Wildman–Crippen LogP) is 2.44. The van der Waals surface area contributed by atoms with Gasteiger partial charge in [-0.15, -0.1) is 0 Å². The largest absolute Gasteiger partial charge is 0.375 e. The average Bonchev–Trinajstić information content (AvgIpc) is 2.99. The molecular formula is C23H25N3O4. The number of morpholine rings is 1. The first-order chi connectivity index (χ1) is 14.5. The van der Waals surface area contributed by atoms with Gasteiger partial charge in [-0.3, -0.25) is 14.5 Å². The number of carbonyl (C=O) groups is 3. The van der Waals surface area contributed by atoms with Crippen LogP contribution in [0.5, 0.6) is 0 Å². The molecule has 156 valence electrons. The summed E-state index contributed by atoms with van der Waals surface area (Å²) in [6, 6.07) is 17.6. The van der Waals surface area contributed by atoms with E-state index in [0.29, 0.717) is 26.2 Å². The van der Waals surface area contributed by atoms with E-state index in [4.69, 9.17) is 4.74 Å². The summed E-state index contributed by atoms with van der Waals surface area (Å²) in [4.78, 5) is 43.6. The first kappa shape index (κ1) is 20.1. The molecule has 0 radical (unpaired) electrons. The lowest BCUT2D eigenvalue weighted by Crippen LogP contribution is -2.49. The summed E-state index contributed by atoms with van der Waals surface area (Å²) in [5.74, 6) is -0.600. The maximum absolute atomic E-state index is 13.3. The first-order valence-electron chi connectivity index (χ1n) is 10.1. The van der Waals surface area contributed by atoms with Crippen molar-refractivity contribution in [3.63, 3.8) is 0 Å². The number of benzene rings is 2. The van der Waals surface area contributed by atoms with Crippen LogP contribution in [0.25, 0.3) is 0 Å². The molecule has 7 nitrogen and oxygen atoms in total. The number of rotatable bonds is 5. The molecule has 2 atom stereocenters. The van der Waals surface area contributed by atoms with Crippen molar-refractivity contribution in [2.24, 2.45) is 0 Å². The van der Waals surface area contributed by atoms with E-state index in [1.165, 1.54) is 0 Å². The lowest BCUT2D eigenvalue weighted by molar-refractivity contribution is -0.142. The minimum absolute atomic E-state index is 0.0562. The summed E-state index contributed by atoms with van der Waals surface area (Å²) in [5.41, 5.74) is 1.66. The molecule has 2 aliphatic rings. The quantitative estimate of drug-likeness (QED) is 0.714. The Morgan fingerprint density at radius 3 is 2.37 bits per heavy atom. The Balaban J connectivity index is 1.58. The van der Waals surface area contributed by atoms with Gasteiger partial charge in [0.25, 0.3) is 5.91 Å². The second-order valence-corrected chi connectivity index (χ2v) is 7.65. The molecule has 0 spiro atoms. The van der Waals surface area contributed by atoms with Gasteiger partial charge in [-0.05, 0) is 18.1 Å². The van der Waals surface area contributed by atoms with Crippen LogP contribution in [-0.4, -0.2) is 64.9 Å². The summed E-state index contributed by atoms with van der Waals surface area (Å²) >= 11 is 0. The zero-order valence-corrected chi connectivity index (χ0v) is 16.9. The Morgan fingerprint density at radius 1 is 1.03 bits per heavy atom. The van der Waals surface area contributed by atoms with Gasteiger partial charge in [0.05, 0.1) is 12.7 Å². The average molecular weight is 407 g/mol. The van der Waals surface area contributed by atoms with E-state index in [2.05, 4.69) is 0 Å². The fourth-order valence-electron chi connectivity index (χ4n) is 3.96. The van der Waals surface area contributed by atoms with Gasteiger partial charge in [-0.1, -0.05) is 60.7 Å². The Kier molecular flexibility index (Phi) is 5.81. The summed E-state index contributed by atoms with van der Waals surface area (Å²) in [6.45, 7) is 3.34. The SMILES string of the molecule is C[C@H]1CN(C(=O)CN2C(=O)[C@@H](c3ccccc3)N(Cc3ccccc3)C2=O)CCO1. The standard InChI is InChI=1S/C23H25N3O4/c1-17-14-24(12-13-30-17)20(27)16-26-22(28)21(19-10-6-3-7-11-19)25(23(26)29)15-18-8-4-2-5-9-18/h2-11,17,21H,12-16H2,1H3/t17-,21+/m0/s1. The van der Waals surface area contributed by atoms with Crippen LogP contribution < -0.4 is 0 Å². The van der Waals surface area contributed by atoms with Crippen LogP contribution in [0.3, 0.4) is 0 Å². The Labute approximate surface area is 175 Å². The van der Waals surface area contributed by atoms with Crippen molar-refractivity contribution in [3.05, 3.63) is 71.8 Å². The molecule has 0 aliphatic carbocycles. The highest BCUT2D eigenvalue weighted by Gasteiger charge is 2.46. The molecule has 0 unspecified atom stereocenters. The third-order valence-electron chi connectivity index (χ3n) is 5.49. The van der Waals surface area contributed by atoms with E-state index in [-0.39, 0.29) is 24.5 Å². The van der Waals surface area contributed by atoms with E-state index in [9.17, 15) is 14.4 Å². The van der Waals surface area contributed by atoms with Crippen molar-refractivity contribution >= 4 is 17.8 Å². The van der Waals surface area contributed by atoms with E-state index >= 15 is 0 Å². The van der Waals surface area contributed by atoms with Gasteiger partial charge in [-0.25, -0.2) is 4.79 Å². The van der Waals surface area contributed by atoms with Crippen LogP contribution in [0.2, 0.25) is 0 Å². The molecule has 30 heavy (non-hydrogen) atoms. The lowest BCUT2D eigenvalue weighted by Gasteiger charge is -2.32. The lowest BCUT2D eigenvalue weighted by atomic mass is 10.1. The fourth-order valence-corrected chi connectivity index (χ4v) is 3.96. The zero-order valence-electron chi connectivity index (χ0n) is 16.9. The second-order valence-electron chi connectivity index (χ2n) is 7.65. The highest BCUT2D eigenvalue weighted by Crippen LogP contribution is 2.32. The van der Waals surface area contributed by atoms with E-state index in [0.717, 1.165) is 16.0 Å². The molecule has 4 amide bonds. The molecule has 0 saturated carbocycles. The molecule has 2 fully saturated rings. The van der Waals surface area contributed by atoms with Crippen molar-refractivity contribution in [2.75, 3.05) is 26.2 Å². The number of amides is 4. The zero-order chi connectivity index (χ0) is 21.1. The molecule has 0 N–H and O–H groups in total. The first-order valence-corrected chi connectivity index (χ1v) is 10.1. The van der Waals surface area contributed by atoms with Gasteiger partial charge < -0.3 is 14.5 Å². The second kappa shape index (κ2) is 8.67. The molecule has 7 heteroatoms. The maximum Gasteiger partial charge on any atom is 0.328 e. The van der Waals surface area contributed by atoms with Crippen molar-refractivity contribution in [3.8, 4) is 0 Å². The van der Waals surface area contributed by atoms with Crippen molar-refractivity contribution in [2.45, 2.75) is 25.6 Å². The van der Waals surface area contributed by atoms with Crippen LogP contribution in [-0.2, 0) is 20.9 Å². The van der Waals surface area contributed by atoms with Gasteiger partial charge in [0.15, 0.2) is 0 Å². The number of hydrogen-bond acceptors (Lipinski definition) is 4. The summed E-state index contributed by atoms with van der Waals surface area (Å²) in [6.07, 6.45) is -0.0562. The minimum Gasteiger partial charge on any atom is -0.375 e. The van der Waals surface area contributed by atoms with Crippen molar-refractivity contribution < 1.29 is 19.1 Å². The van der Waals surface area contributed by atoms with Gasteiger partial charge in [0.2, 0.25) is 5.91 Å². The normalized spacial score (nSPS) is 22.0. The van der Waals surface area contributed by atoms with E-state index in [1.807, 2.05) is 67.6 Å². The molecule has 0 aromatic heterocycles. The number of hydrogen-bond donors (Lipinski definition) is 0. The Morgan fingerprint density at radius 2 is 1.70 bits per heavy atom. The van der Waals surface area contributed by atoms with Crippen LogP contribution in [0, 0.1) is 0 Å². The highest BCUT2D eigenvalue weighted by atomic mass is 16.5. The smallest absolute Gasteiger partial charge is 0.328 e. The Hall–Kier alpha value is -3.19. The van der Waals surface area contributed by atoms with E-state index in [1.54, 1.807) is 9.80 Å². The van der Waals surface area contributed by atoms with Crippen LogP contribution >= 0.6 is 0 Å². The summed E-state index contributed by atoms with van der Waals surface area (Å²) < 4.78 is 5.48. The number of carbonyl (C=O) groups excluding carboxylic acids is 3. The topological polar surface area (TPSA) is 70.2 Å². The van der Waals surface area contributed by atoms with Crippen molar-refractivity contribution in [1.29, 1.82) is 0 Å². The van der Waals surface area contributed by atoms with Gasteiger partial charge in [0, 0.05) is 19.6 Å². The fraction of sp³-hybridized carbons (Fsp3) is 0.348. The number of imide groups is 1. The monoisotopic (exact) mass is 407 g/mol. The molecule has 2 aliphatic heterocycles. The summed E-state index contributed by atoms with van der Waals surface area (Å²) in [5, 5.41) is 0. The third-order valence-corrected chi connectivity index (χ3v) is 5.49. The van der Waals surface area contributed by atoms with Gasteiger partial charge in [-0.2, -0.15) is 0 Å². The van der Waals surface area contributed by atoms with Gasteiger partial charge in [0.1, 0.15) is 12.6 Å². The third kappa shape index (κ3) is 4.07. The predicted molar refractivity (Wildman–Crippen MR) is 110 cm³/mol. The van der Waals surface area contributed by atoms with Gasteiger partial charge >= 0.3 is 6.03 Å². The molecule has 2 heterocycles. The number of urea groups is 1. The highest BCUT2D eigenvalue weighted by molar-refractivity contribution is 6.06. The van der Waals surface area contributed by atoms with Crippen LogP contribution in [0.1, 0.15) is 24.1 Å². The molecule has 0 bridgehead atoms. The van der Waals surface area contributed by atoms with Crippen LogP contribution in [0.4, 0.5) is 4.79 Å².